The molecule has 4 rings (SSSR count). The first kappa shape index (κ1) is 27.8. The largest absolute Gasteiger partial charge is 0.462 e. The number of esters is 1. The number of nitrogens with zero attached hydrogens (tertiary/aromatic N) is 3. The first-order valence-electron chi connectivity index (χ1n) is 12.7. The Hall–Kier alpha value is -3.18. The van der Waals surface area contributed by atoms with E-state index in [1.54, 1.807) is 31.5 Å². The molecule has 2 heterocycles. The summed E-state index contributed by atoms with van der Waals surface area (Å²) in [6, 6.07) is 5.59. The third-order valence-electron chi connectivity index (χ3n) is 6.64. The molecule has 1 atom stereocenters. The number of amides is 2. The average Bonchev–Trinajstić information content (AvgIpc) is 3.43. The normalized spacial score (nSPS) is 13.5. The van der Waals surface area contributed by atoms with E-state index >= 15 is 0 Å². The summed E-state index contributed by atoms with van der Waals surface area (Å²) in [5.41, 5.74) is 4.28. The van der Waals surface area contributed by atoms with Crippen LogP contribution in [0.5, 0.6) is 0 Å². The number of fused-ring (bicyclic) bond motifs is 1. The van der Waals surface area contributed by atoms with Gasteiger partial charge in [-0.15, -0.1) is 21.5 Å². The number of benzene rings is 1. The van der Waals surface area contributed by atoms with Crippen LogP contribution in [0.2, 0.25) is 0 Å². The summed E-state index contributed by atoms with van der Waals surface area (Å²) >= 11 is 2.73. The second kappa shape index (κ2) is 12.1. The number of carbonyl (C=O) groups excluding carboxylic acids is 3. The molecule has 0 bridgehead atoms. The average molecular weight is 556 g/mol. The summed E-state index contributed by atoms with van der Waals surface area (Å²) in [6.07, 6.45) is 3.83. The molecule has 2 N–H and O–H groups in total. The highest BCUT2D eigenvalue weighted by molar-refractivity contribution is 8.00. The number of aromatic nitrogens is 3. The van der Waals surface area contributed by atoms with Crippen molar-refractivity contribution >= 4 is 45.9 Å². The molecule has 2 amide bonds. The highest BCUT2D eigenvalue weighted by Gasteiger charge is 2.28. The third kappa shape index (κ3) is 6.10. The van der Waals surface area contributed by atoms with Gasteiger partial charge >= 0.3 is 5.97 Å². The fourth-order valence-electron chi connectivity index (χ4n) is 4.24. The zero-order valence-electron chi connectivity index (χ0n) is 22.3. The highest BCUT2D eigenvalue weighted by atomic mass is 32.2. The zero-order valence-corrected chi connectivity index (χ0v) is 24.0. The number of thioether (sulfide) groups is 1. The predicted octanol–water partition coefficient (Wildman–Crippen LogP) is 4.60. The van der Waals surface area contributed by atoms with Crippen LogP contribution < -0.4 is 10.6 Å². The van der Waals surface area contributed by atoms with Crippen LogP contribution in [0.15, 0.2) is 23.4 Å². The lowest BCUT2D eigenvalue weighted by Crippen LogP contribution is -2.25. The molecule has 1 aliphatic rings. The second-order valence-corrected chi connectivity index (χ2v) is 11.7. The summed E-state index contributed by atoms with van der Waals surface area (Å²) in [4.78, 5) is 39.5. The van der Waals surface area contributed by atoms with Gasteiger partial charge in [-0.1, -0.05) is 17.8 Å². The van der Waals surface area contributed by atoms with E-state index in [9.17, 15) is 14.4 Å². The summed E-state index contributed by atoms with van der Waals surface area (Å²) in [5.74, 6) is -0.225. The van der Waals surface area contributed by atoms with Crippen molar-refractivity contribution in [3.05, 3.63) is 56.7 Å². The van der Waals surface area contributed by atoms with Gasteiger partial charge in [0, 0.05) is 17.5 Å². The number of hydrogen-bond acceptors (Lipinski definition) is 8. The Morgan fingerprint density at radius 3 is 2.66 bits per heavy atom. The third-order valence-corrected chi connectivity index (χ3v) is 8.98. The van der Waals surface area contributed by atoms with Crippen LogP contribution >= 0.6 is 23.1 Å². The van der Waals surface area contributed by atoms with E-state index in [1.165, 1.54) is 23.1 Å². The minimum Gasteiger partial charge on any atom is -0.462 e. The van der Waals surface area contributed by atoms with Gasteiger partial charge in [-0.2, -0.15) is 0 Å². The van der Waals surface area contributed by atoms with E-state index in [2.05, 4.69) is 20.8 Å². The van der Waals surface area contributed by atoms with Crippen LogP contribution in [-0.4, -0.2) is 44.4 Å². The molecule has 0 radical (unpaired) electrons. The lowest BCUT2D eigenvalue weighted by atomic mass is 9.95. The van der Waals surface area contributed by atoms with Crippen LogP contribution in [0.3, 0.4) is 0 Å². The van der Waals surface area contributed by atoms with Gasteiger partial charge in [0.25, 0.3) is 5.91 Å². The van der Waals surface area contributed by atoms with Crippen LogP contribution in [0.25, 0.3) is 0 Å². The Balaban J connectivity index is 1.40. The molecule has 202 valence electrons. The van der Waals surface area contributed by atoms with E-state index in [4.69, 9.17) is 4.74 Å². The number of rotatable bonds is 9. The quantitative estimate of drug-likeness (QED) is 0.293. The number of aryl methyl sites for hydroxylation is 3. The van der Waals surface area contributed by atoms with E-state index in [1.807, 2.05) is 26.0 Å². The van der Waals surface area contributed by atoms with E-state index < -0.39 is 5.25 Å². The summed E-state index contributed by atoms with van der Waals surface area (Å²) in [7, 11) is 1.80. The molecule has 0 saturated carbocycles. The Kier molecular flexibility index (Phi) is 8.88. The summed E-state index contributed by atoms with van der Waals surface area (Å²) < 4.78 is 7.05. The molecule has 38 heavy (non-hydrogen) atoms. The topological polar surface area (TPSA) is 115 Å². The monoisotopic (exact) mass is 555 g/mol. The fourth-order valence-corrected chi connectivity index (χ4v) is 6.36. The molecule has 0 spiro atoms. The number of hydrogen-bond donors (Lipinski definition) is 2. The number of nitrogens with one attached hydrogen (secondary N) is 2. The van der Waals surface area contributed by atoms with Gasteiger partial charge in [0.2, 0.25) is 5.91 Å². The van der Waals surface area contributed by atoms with Crippen LogP contribution in [-0.2, 0) is 36.0 Å². The zero-order chi connectivity index (χ0) is 27.4. The number of thiophene rings is 1. The SMILES string of the molecule is CCOC(=O)c1c(NC(=O)C(C)Sc2nnc(CNC(=O)c3ccc(C)c(C)c3)n2C)sc2c1CCCC2. The van der Waals surface area contributed by atoms with Crippen LogP contribution in [0.1, 0.15) is 74.8 Å². The smallest absolute Gasteiger partial charge is 0.341 e. The molecule has 1 unspecified atom stereocenters. The number of ether oxygens (including phenoxy) is 1. The van der Waals surface area contributed by atoms with Crippen molar-refractivity contribution in [1.82, 2.24) is 20.1 Å². The lowest BCUT2D eigenvalue weighted by molar-refractivity contribution is -0.115. The molecule has 3 aromatic rings. The first-order chi connectivity index (χ1) is 18.2. The second-order valence-electron chi connectivity index (χ2n) is 9.32. The van der Waals surface area contributed by atoms with E-state index in [-0.39, 0.29) is 30.9 Å². The fraction of sp³-hybridized carbons (Fsp3) is 0.444. The number of anilines is 1. The molecule has 1 aromatic carbocycles. The summed E-state index contributed by atoms with van der Waals surface area (Å²) in [5, 5.41) is 14.9. The molecule has 9 nitrogen and oxygen atoms in total. The molecule has 1 aliphatic carbocycles. The van der Waals surface area contributed by atoms with Crippen molar-refractivity contribution in [2.75, 3.05) is 11.9 Å². The van der Waals surface area contributed by atoms with Crippen molar-refractivity contribution in [2.24, 2.45) is 7.05 Å². The van der Waals surface area contributed by atoms with Crippen molar-refractivity contribution < 1.29 is 19.1 Å². The molecule has 0 fully saturated rings. The van der Waals surface area contributed by atoms with Gasteiger partial charge in [0.15, 0.2) is 11.0 Å². The van der Waals surface area contributed by atoms with Gasteiger partial charge < -0.3 is 19.9 Å². The van der Waals surface area contributed by atoms with Crippen LogP contribution in [0, 0.1) is 13.8 Å². The van der Waals surface area contributed by atoms with Gasteiger partial charge in [0.05, 0.1) is 24.0 Å². The molecular weight excluding hydrogens is 522 g/mol. The predicted molar refractivity (Wildman–Crippen MR) is 149 cm³/mol. The van der Waals surface area contributed by atoms with Crippen molar-refractivity contribution in [1.29, 1.82) is 0 Å². The minimum atomic E-state index is -0.495. The van der Waals surface area contributed by atoms with E-state index in [0.29, 0.717) is 27.1 Å². The molecular formula is C27H33N5O4S2. The lowest BCUT2D eigenvalue weighted by Gasteiger charge is -2.13. The maximum Gasteiger partial charge on any atom is 0.341 e. The maximum atomic E-state index is 13.1. The van der Waals surface area contributed by atoms with Crippen molar-refractivity contribution in [2.45, 2.75) is 70.3 Å². The Bertz CT molecular complexity index is 1360. The van der Waals surface area contributed by atoms with E-state index in [0.717, 1.165) is 47.3 Å². The number of carbonyl (C=O) groups is 3. The first-order valence-corrected chi connectivity index (χ1v) is 14.4. The molecule has 11 heteroatoms. The van der Waals surface area contributed by atoms with Crippen molar-refractivity contribution in [3.63, 3.8) is 0 Å². The molecule has 2 aromatic heterocycles. The molecule has 0 saturated heterocycles. The van der Waals surface area contributed by atoms with Crippen LogP contribution in [0.4, 0.5) is 5.00 Å². The van der Waals surface area contributed by atoms with Gasteiger partial charge in [-0.05, 0) is 82.2 Å². The van der Waals surface area contributed by atoms with Gasteiger partial charge in [0.1, 0.15) is 5.00 Å². The minimum absolute atomic E-state index is 0.186. The summed E-state index contributed by atoms with van der Waals surface area (Å²) in [6.45, 7) is 8.03. The highest BCUT2D eigenvalue weighted by Crippen LogP contribution is 2.39. The molecule has 0 aliphatic heterocycles. The Morgan fingerprint density at radius 2 is 1.92 bits per heavy atom. The van der Waals surface area contributed by atoms with Crippen molar-refractivity contribution in [3.8, 4) is 0 Å². The Morgan fingerprint density at radius 1 is 1.16 bits per heavy atom. The maximum absolute atomic E-state index is 13.1. The Labute approximate surface area is 230 Å². The standard InChI is InChI=1S/C27H33N5O4S2/c1-6-36-26(35)22-19-9-7-8-10-20(19)38-25(22)29-23(33)17(4)37-27-31-30-21(32(27)5)14-28-24(34)18-12-11-15(2)16(3)13-18/h11-13,17H,6-10,14H2,1-5H3,(H,28,34)(H,29,33). The van der Waals surface area contributed by atoms with Gasteiger partial charge in [-0.3, -0.25) is 9.59 Å². The van der Waals surface area contributed by atoms with Gasteiger partial charge in [-0.25, -0.2) is 4.79 Å².